The normalized spacial score (nSPS) is 12.7. The molecule has 170 valence electrons. The zero-order valence-corrected chi connectivity index (χ0v) is 19.2. The molecule has 1 atom stereocenters. The molecule has 0 saturated carbocycles. The van der Waals surface area contributed by atoms with Gasteiger partial charge in [-0.05, 0) is 56.3 Å². The van der Waals surface area contributed by atoms with Gasteiger partial charge in [0.25, 0.3) is 0 Å². The van der Waals surface area contributed by atoms with Gasteiger partial charge < -0.3 is 9.15 Å². The first-order chi connectivity index (χ1) is 15.1. The van der Waals surface area contributed by atoms with E-state index in [0.717, 1.165) is 16.5 Å². The first-order valence-electron chi connectivity index (χ1n) is 10.1. The number of fused-ring (bicyclic) bond motifs is 1. The minimum Gasteiger partial charge on any atom is -0.450 e. The molecule has 0 spiro atoms. The van der Waals surface area contributed by atoms with Gasteiger partial charge in [0.1, 0.15) is 5.58 Å². The Bertz CT molecular complexity index is 1280. The van der Waals surface area contributed by atoms with E-state index in [-0.39, 0.29) is 17.5 Å². The van der Waals surface area contributed by atoms with Crippen LogP contribution in [0.4, 0.5) is 10.5 Å². The molecule has 32 heavy (non-hydrogen) atoms. The second-order valence-corrected chi connectivity index (χ2v) is 9.60. The number of rotatable bonds is 7. The highest BCUT2D eigenvalue weighted by Crippen LogP contribution is 2.26. The molecular weight excluding hydrogens is 432 g/mol. The number of nitrogens with one attached hydrogen (secondary N) is 1. The molecule has 8 nitrogen and oxygen atoms in total. The number of amides is 1. The molecule has 2 aromatic carbocycles. The molecule has 1 N–H and O–H groups in total. The van der Waals surface area contributed by atoms with Crippen molar-refractivity contribution >= 4 is 32.6 Å². The number of anilines is 1. The van der Waals surface area contributed by atoms with Gasteiger partial charge in [0.05, 0.1) is 11.5 Å². The van der Waals surface area contributed by atoms with E-state index < -0.39 is 21.6 Å². The van der Waals surface area contributed by atoms with Crippen molar-refractivity contribution < 1.29 is 22.4 Å². The van der Waals surface area contributed by atoms with Gasteiger partial charge in [0, 0.05) is 42.0 Å². The monoisotopic (exact) mass is 458 g/mol. The van der Waals surface area contributed by atoms with E-state index in [2.05, 4.69) is 10.2 Å². The number of benzene rings is 2. The van der Waals surface area contributed by atoms with E-state index >= 15 is 0 Å². The molecule has 0 saturated heterocycles. The molecular formula is C23H26N2O6S. The fraction of sp³-hybridized carbons (Fsp3) is 0.304. The summed E-state index contributed by atoms with van der Waals surface area (Å²) < 4.78 is 33.6. The Morgan fingerprint density at radius 2 is 1.84 bits per heavy atom. The van der Waals surface area contributed by atoms with Crippen molar-refractivity contribution in [2.75, 3.05) is 25.2 Å². The Kier molecular flexibility index (Phi) is 7.00. The lowest BCUT2D eigenvalue weighted by molar-refractivity contribution is 0.168. The summed E-state index contributed by atoms with van der Waals surface area (Å²) in [5.41, 5.74) is 2.07. The zero-order chi connectivity index (χ0) is 23.5. The maximum Gasteiger partial charge on any atom is 0.411 e. The lowest BCUT2D eigenvalue weighted by atomic mass is 10.1. The predicted molar refractivity (Wildman–Crippen MR) is 123 cm³/mol. The minimum absolute atomic E-state index is 0.0318. The van der Waals surface area contributed by atoms with Gasteiger partial charge in [-0.15, -0.1) is 0 Å². The number of hydrogen-bond donors (Lipinski definition) is 1. The summed E-state index contributed by atoms with van der Waals surface area (Å²) in [7, 11) is -1.33. The van der Waals surface area contributed by atoms with Crippen LogP contribution >= 0.6 is 0 Å². The number of carbonyl (C=O) groups is 1. The van der Waals surface area contributed by atoms with Gasteiger partial charge in [-0.25, -0.2) is 18.0 Å². The van der Waals surface area contributed by atoms with Crippen LogP contribution in [0.25, 0.3) is 11.0 Å². The van der Waals surface area contributed by atoms with Gasteiger partial charge >= 0.3 is 11.7 Å². The Balaban J connectivity index is 1.84. The second kappa shape index (κ2) is 9.54. The third-order valence-electron chi connectivity index (χ3n) is 5.22. The standard InChI is InChI=1S/C23H26N2O6S/c1-5-30-23(27)24-18-8-11-20-17(12-22(26)31-21(20)13-18)14-25(3)15(2)16-6-9-19(10-7-16)32(4,28)29/h6-13,15H,5,14H2,1-4H3,(H,24,27). The zero-order valence-electron chi connectivity index (χ0n) is 18.4. The van der Waals surface area contributed by atoms with Crippen molar-refractivity contribution in [3.63, 3.8) is 0 Å². The average Bonchev–Trinajstić information content (AvgIpc) is 2.72. The number of carbonyl (C=O) groups excluding carboxylic acids is 1. The van der Waals surface area contributed by atoms with Crippen LogP contribution in [0.5, 0.6) is 0 Å². The highest BCUT2D eigenvalue weighted by molar-refractivity contribution is 7.90. The summed E-state index contributed by atoms with van der Waals surface area (Å²) in [6.07, 6.45) is 0.595. The number of nitrogens with zero attached hydrogens (tertiary/aromatic N) is 1. The highest BCUT2D eigenvalue weighted by Gasteiger charge is 2.16. The van der Waals surface area contributed by atoms with Crippen LogP contribution in [0.1, 0.15) is 31.0 Å². The summed E-state index contributed by atoms with van der Waals surface area (Å²) in [4.78, 5) is 26.1. The van der Waals surface area contributed by atoms with Crippen LogP contribution < -0.4 is 10.9 Å². The topological polar surface area (TPSA) is 106 Å². The lowest BCUT2D eigenvalue weighted by Gasteiger charge is -2.25. The fourth-order valence-electron chi connectivity index (χ4n) is 3.38. The molecule has 0 aliphatic rings. The van der Waals surface area contributed by atoms with Crippen LogP contribution in [0.15, 0.2) is 62.6 Å². The minimum atomic E-state index is -3.25. The van der Waals surface area contributed by atoms with Crippen molar-refractivity contribution in [1.82, 2.24) is 4.90 Å². The maximum absolute atomic E-state index is 12.1. The molecule has 1 amide bonds. The van der Waals surface area contributed by atoms with Crippen molar-refractivity contribution in [1.29, 1.82) is 0 Å². The highest BCUT2D eigenvalue weighted by atomic mass is 32.2. The van der Waals surface area contributed by atoms with Crippen LogP contribution in [-0.4, -0.2) is 39.3 Å². The first-order valence-corrected chi connectivity index (χ1v) is 12.0. The van der Waals surface area contributed by atoms with E-state index in [1.165, 1.54) is 12.3 Å². The van der Waals surface area contributed by atoms with Crippen LogP contribution in [0.2, 0.25) is 0 Å². The second-order valence-electron chi connectivity index (χ2n) is 7.58. The number of sulfone groups is 1. The largest absolute Gasteiger partial charge is 0.450 e. The first kappa shape index (κ1) is 23.5. The van der Waals surface area contributed by atoms with E-state index in [0.29, 0.717) is 17.8 Å². The summed E-state index contributed by atoms with van der Waals surface area (Å²) in [6, 6.07) is 13.3. The third-order valence-corrected chi connectivity index (χ3v) is 6.35. The van der Waals surface area contributed by atoms with Gasteiger partial charge in [-0.3, -0.25) is 10.2 Å². The van der Waals surface area contributed by atoms with Crippen molar-refractivity contribution in [2.24, 2.45) is 0 Å². The summed E-state index contributed by atoms with van der Waals surface area (Å²) in [5.74, 6) is 0. The Morgan fingerprint density at radius 1 is 1.16 bits per heavy atom. The number of hydrogen-bond acceptors (Lipinski definition) is 7. The lowest BCUT2D eigenvalue weighted by Crippen LogP contribution is -2.22. The molecule has 1 heterocycles. The van der Waals surface area contributed by atoms with Gasteiger partial charge in [0.15, 0.2) is 9.84 Å². The molecule has 0 bridgehead atoms. The average molecular weight is 459 g/mol. The third kappa shape index (κ3) is 5.54. The Hall–Kier alpha value is -3.17. The predicted octanol–water partition coefficient (Wildman–Crippen LogP) is 3.96. The van der Waals surface area contributed by atoms with E-state index in [9.17, 15) is 18.0 Å². The molecule has 0 aliphatic carbocycles. The summed E-state index contributed by atoms with van der Waals surface area (Å²) in [6.45, 7) is 4.43. The SMILES string of the molecule is CCOC(=O)Nc1ccc2c(CN(C)C(C)c3ccc(S(C)(=O)=O)cc3)cc(=O)oc2c1. The summed E-state index contributed by atoms with van der Waals surface area (Å²) in [5, 5.41) is 3.35. The van der Waals surface area contributed by atoms with Gasteiger partial charge in [0.2, 0.25) is 0 Å². The van der Waals surface area contributed by atoms with Crippen molar-refractivity contribution in [3.8, 4) is 0 Å². The Morgan fingerprint density at radius 3 is 2.47 bits per heavy atom. The van der Waals surface area contributed by atoms with E-state index in [1.807, 2.05) is 14.0 Å². The number of ether oxygens (including phenoxy) is 1. The van der Waals surface area contributed by atoms with Gasteiger partial charge in [-0.2, -0.15) is 0 Å². The van der Waals surface area contributed by atoms with Crippen LogP contribution in [0, 0.1) is 0 Å². The molecule has 0 radical (unpaired) electrons. The molecule has 0 fully saturated rings. The van der Waals surface area contributed by atoms with Crippen LogP contribution in [-0.2, 0) is 21.1 Å². The van der Waals surface area contributed by atoms with Crippen LogP contribution in [0.3, 0.4) is 0 Å². The molecule has 1 aromatic heterocycles. The smallest absolute Gasteiger partial charge is 0.411 e. The van der Waals surface area contributed by atoms with Gasteiger partial charge in [-0.1, -0.05) is 12.1 Å². The van der Waals surface area contributed by atoms with E-state index in [1.54, 1.807) is 49.4 Å². The fourth-order valence-corrected chi connectivity index (χ4v) is 4.01. The molecule has 0 aliphatic heterocycles. The quantitative estimate of drug-likeness (QED) is 0.534. The molecule has 3 aromatic rings. The van der Waals surface area contributed by atoms with Crippen molar-refractivity contribution in [2.45, 2.75) is 31.3 Å². The maximum atomic E-state index is 12.1. The molecule has 9 heteroatoms. The summed E-state index contributed by atoms with van der Waals surface area (Å²) >= 11 is 0. The Labute approximate surface area is 186 Å². The van der Waals surface area contributed by atoms with Crippen molar-refractivity contribution in [3.05, 3.63) is 70.1 Å². The molecule has 3 rings (SSSR count). The van der Waals surface area contributed by atoms with E-state index in [4.69, 9.17) is 9.15 Å². The molecule has 1 unspecified atom stereocenters.